The van der Waals surface area contributed by atoms with Crippen LogP contribution >= 0.6 is 11.3 Å². The Bertz CT molecular complexity index is 411. The lowest BCUT2D eigenvalue weighted by molar-refractivity contribution is -0.655. The Kier molecular flexibility index (Phi) is 3.49. The normalized spacial score (nSPS) is 9.50. The van der Waals surface area contributed by atoms with Gasteiger partial charge >= 0.3 is 0 Å². The standard InChI is InChI=1S/C10H11N2S.ClH/c1-12-7-9(11)13-10(12)8-5-3-2-4-6-8;/h2-7H,11H2,1H3;1H/q+1;/p-1. The maximum absolute atomic E-state index is 5.71. The fourth-order valence-electron chi connectivity index (χ4n) is 1.30. The Balaban J connectivity index is 0.000000980. The Hall–Kier alpha value is -1.06. The van der Waals surface area contributed by atoms with E-state index in [1.807, 2.05) is 31.4 Å². The van der Waals surface area contributed by atoms with Crippen LogP contribution in [0, 0.1) is 0 Å². The van der Waals surface area contributed by atoms with E-state index < -0.39 is 0 Å². The first-order chi connectivity index (χ1) is 6.27. The zero-order chi connectivity index (χ0) is 9.26. The van der Waals surface area contributed by atoms with Crippen molar-refractivity contribution in [1.29, 1.82) is 0 Å². The number of aromatic nitrogens is 1. The van der Waals surface area contributed by atoms with E-state index in [9.17, 15) is 0 Å². The van der Waals surface area contributed by atoms with E-state index in [2.05, 4.69) is 16.7 Å². The summed E-state index contributed by atoms with van der Waals surface area (Å²) in [5, 5.41) is 2.04. The van der Waals surface area contributed by atoms with Gasteiger partial charge in [-0.2, -0.15) is 4.57 Å². The number of rotatable bonds is 1. The highest BCUT2D eigenvalue weighted by Gasteiger charge is 2.12. The first kappa shape index (κ1) is 11.0. The monoisotopic (exact) mass is 226 g/mol. The molecule has 0 unspecified atom stereocenters. The lowest BCUT2D eigenvalue weighted by Crippen LogP contribution is -3.00. The maximum atomic E-state index is 5.71. The Morgan fingerprint density at radius 1 is 1.21 bits per heavy atom. The van der Waals surface area contributed by atoms with E-state index in [-0.39, 0.29) is 12.4 Å². The first-order valence-electron chi connectivity index (χ1n) is 4.08. The van der Waals surface area contributed by atoms with Gasteiger partial charge in [0, 0.05) is 0 Å². The van der Waals surface area contributed by atoms with Crippen molar-refractivity contribution in [3.05, 3.63) is 36.5 Å². The summed E-state index contributed by atoms with van der Waals surface area (Å²) in [4.78, 5) is 0. The van der Waals surface area contributed by atoms with Gasteiger partial charge in [0.1, 0.15) is 7.05 Å². The summed E-state index contributed by atoms with van der Waals surface area (Å²) in [5.41, 5.74) is 6.93. The average Bonchev–Trinajstić information content (AvgIpc) is 2.47. The third kappa shape index (κ3) is 2.05. The van der Waals surface area contributed by atoms with Gasteiger partial charge < -0.3 is 18.1 Å². The van der Waals surface area contributed by atoms with Crippen LogP contribution in [-0.4, -0.2) is 0 Å². The van der Waals surface area contributed by atoms with Crippen LogP contribution in [0.25, 0.3) is 10.6 Å². The van der Waals surface area contributed by atoms with Gasteiger partial charge in [0.25, 0.3) is 5.01 Å². The van der Waals surface area contributed by atoms with Gasteiger partial charge in [-0.15, -0.1) is 0 Å². The summed E-state index contributed by atoms with van der Waals surface area (Å²) >= 11 is 1.61. The number of nitrogens with zero attached hydrogens (tertiary/aromatic N) is 1. The second-order valence-corrected chi connectivity index (χ2v) is 3.98. The van der Waals surface area contributed by atoms with Crippen molar-refractivity contribution < 1.29 is 17.0 Å². The molecule has 4 heteroatoms. The molecule has 1 aromatic carbocycles. The van der Waals surface area contributed by atoms with E-state index in [1.165, 1.54) is 10.6 Å². The molecular weight excluding hydrogens is 216 g/mol. The fraction of sp³-hybridized carbons (Fsp3) is 0.100. The molecule has 1 heterocycles. The zero-order valence-electron chi connectivity index (χ0n) is 7.77. The molecule has 0 aliphatic carbocycles. The molecular formula is C10H11ClN2S. The number of halogens is 1. The van der Waals surface area contributed by atoms with Gasteiger partial charge in [0.05, 0.1) is 5.56 Å². The van der Waals surface area contributed by atoms with Crippen molar-refractivity contribution in [2.24, 2.45) is 7.05 Å². The van der Waals surface area contributed by atoms with Crippen LogP contribution in [0.2, 0.25) is 0 Å². The van der Waals surface area contributed by atoms with Gasteiger partial charge in [-0.1, -0.05) is 18.2 Å². The molecule has 0 aliphatic heterocycles. The smallest absolute Gasteiger partial charge is 0.270 e. The molecule has 0 fully saturated rings. The summed E-state index contributed by atoms with van der Waals surface area (Å²) in [6, 6.07) is 10.3. The van der Waals surface area contributed by atoms with Crippen molar-refractivity contribution >= 4 is 16.3 Å². The molecule has 2 N–H and O–H groups in total. The lowest BCUT2D eigenvalue weighted by Gasteiger charge is -1.91. The number of nitrogen functional groups attached to an aromatic ring is 1. The highest BCUT2D eigenvalue weighted by atomic mass is 35.5. The summed E-state index contributed by atoms with van der Waals surface area (Å²) in [6.07, 6.45) is 1.94. The number of aryl methyl sites for hydroxylation is 1. The van der Waals surface area contributed by atoms with E-state index in [1.54, 1.807) is 11.3 Å². The number of nitrogens with two attached hydrogens (primary N) is 1. The number of hydrogen-bond acceptors (Lipinski definition) is 2. The fourth-order valence-corrected chi connectivity index (χ4v) is 2.19. The largest absolute Gasteiger partial charge is 1.00 e. The Morgan fingerprint density at radius 3 is 2.36 bits per heavy atom. The molecule has 1 aromatic heterocycles. The van der Waals surface area contributed by atoms with Gasteiger partial charge in [-0.25, -0.2) is 0 Å². The zero-order valence-corrected chi connectivity index (χ0v) is 9.35. The van der Waals surface area contributed by atoms with Crippen LogP contribution in [0.15, 0.2) is 36.5 Å². The molecule has 0 atom stereocenters. The van der Waals surface area contributed by atoms with Crippen LogP contribution in [0.3, 0.4) is 0 Å². The molecule has 0 bridgehead atoms. The van der Waals surface area contributed by atoms with Crippen molar-refractivity contribution in [2.75, 3.05) is 5.73 Å². The predicted octanol–water partition coefficient (Wildman–Crippen LogP) is -1.17. The van der Waals surface area contributed by atoms with E-state index in [0.29, 0.717) is 0 Å². The van der Waals surface area contributed by atoms with Crippen molar-refractivity contribution in [3.8, 4) is 10.6 Å². The van der Waals surface area contributed by atoms with Crippen LogP contribution < -0.4 is 22.7 Å². The molecule has 0 aliphatic rings. The SMILES string of the molecule is C[n+]1cc(N)sc1-c1ccccc1.[Cl-]. The van der Waals surface area contributed by atoms with Crippen LogP contribution in [0.1, 0.15) is 0 Å². The predicted molar refractivity (Wildman–Crippen MR) is 55.3 cm³/mol. The van der Waals surface area contributed by atoms with Crippen LogP contribution in [0.4, 0.5) is 5.00 Å². The quantitative estimate of drug-likeness (QED) is 0.610. The summed E-state index contributed by atoms with van der Waals surface area (Å²) in [6.45, 7) is 0. The highest BCUT2D eigenvalue weighted by molar-refractivity contribution is 7.18. The lowest BCUT2D eigenvalue weighted by atomic mass is 10.2. The maximum Gasteiger partial charge on any atom is 0.270 e. The van der Waals surface area contributed by atoms with Crippen LogP contribution in [0.5, 0.6) is 0 Å². The topological polar surface area (TPSA) is 29.9 Å². The van der Waals surface area contributed by atoms with E-state index >= 15 is 0 Å². The molecule has 0 spiro atoms. The van der Waals surface area contributed by atoms with Crippen molar-refractivity contribution in [2.45, 2.75) is 0 Å². The molecule has 2 aromatic rings. The van der Waals surface area contributed by atoms with Gasteiger partial charge in [-0.3, -0.25) is 0 Å². The molecule has 0 amide bonds. The average molecular weight is 227 g/mol. The summed E-state index contributed by atoms with van der Waals surface area (Å²) in [7, 11) is 2.01. The van der Waals surface area contributed by atoms with Gasteiger partial charge in [0.2, 0.25) is 6.20 Å². The minimum Gasteiger partial charge on any atom is -1.00 e. The Morgan fingerprint density at radius 2 is 1.86 bits per heavy atom. The first-order valence-corrected chi connectivity index (χ1v) is 4.89. The molecule has 0 saturated carbocycles. The highest BCUT2D eigenvalue weighted by Crippen LogP contribution is 2.23. The molecule has 74 valence electrons. The number of hydrogen-bond donors (Lipinski definition) is 1. The minimum absolute atomic E-state index is 0. The molecule has 2 nitrogen and oxygen atoms in total. The third-order valence-corrected chi connectivity index (χ3v) is 2.93. The van der Waals surface area contributed by atoms with Crippen molar-refractivity contribution in [1.82, 2.24) is 0 Å². The van der Waals surface area contributed by atoms with E-state index in [4.69, 9.17) is 5.73 Å². The number of benzene rings is 1. The molecule has 0 saturated heterocycles. The third-order valence-electron chi connectivity index (χ3n) is 1.88. The van der Waals surface area contributed by atoms with E-state index in [0.717, 1.165) is 5.00 Å². The molecule has 14 heavy (non-hydrogen) atoms. The molecule has 0 radical (unpaired) electrons. The minimum atomic E-state index is 0. The Labute approximate surface area is 93.4 Å². The molecule has 2 rings (SSSR count). The van der Waals surface area contributed by atoms with Gasteiger partial charge in [0.15, 0.2) is 5.00 Å². The van der Waals surface area contributed by atoms with Crippen molar-refractivity contribution in [3.63, 3.8) is 0 Å². The van der Waals surface area contributed by atoms with Gasteiger partial charge in [-0.05, 0) is 23.5 Å². The van der Waals surface area contributed by atoms with Crippen LogP contribution in [-0.2, 0) is 7.05 Å². The second kappa shape index (κ2) is 4.44. The second-order valence-electron chi connectivity index (χ2n) is 2.92. The summed E-state index contributed by atoms with van der Waals surface area (Å²) < 4.78 is 2.05. The number of anilines is 1. The number of thiazole rings is 1. The summed E-state index contributed by atoms with van der Waals surface area (Å²) in [5.74, 6) is 0.